The molecule has 0 saturated heterocycles. The van der Waals surface area contributed by atoms with Gasteiger partial charge in [0.15, 0.2) is 0 Å². The Labute approximate surface area is 130 Å². The van der Waals surface area contributed by atoms with Crippen LogP contribution in [-0.2, 0) is 4.79 Å². The Balaban J connectivity index is 1.84. The topological polar surface area (TPSA) is 64.1 Å². The number of carbonyl (C=O) groups excluding carboxylic acids is 1. The highest BCUT2D eigenvalue weighted by Gasteiger charge is 2.38. The molecule has 0 aliphatic heterocycles. The van der Waals surface area contributed by atoms with Gasteiger partial charge in [-0.25, -0.2) is 0 Å². The van der Waals surface area contributed by atoms with E-state index in [1.807, 2.05) is 31.2 Å². The molecule has 8 heteroatoms. The largest absolute Gasteiger partial charge is 0.475 e. The van der Waals surface area contributed by atoms with Crippen molar-refractivity contribution < 1.29 is 22.7 Å². The Hall–Kier alpha value is -2.64. The predicted molar refractivity (Wildman–Crippen MR) is 76.8 cm³/mol. The molecule has 1 aromatic carbocycles. The molecule has 1 aromatic heterocycles. The van der Waals surface area contributed by atoms with Crippen LogP contribution < -0.4 is 10.1 Å². The lowest BCUT2D eigenvalue weighted by molar-refractivity contribution is -0.173. The van der Waals surface area contributed by atoms with E-state index in [0.717, 1.165) is 11.1 Å². The van der Waals surface area contributed by atoms with Crippen molar-refractivity contribution in [1.82, 2.24) is 15.5 Å². The van der Waals surface area contributed by atoms with Crippen molar-refractivity contribution in [2.75, 3.05) is 13.2 Å². The number of rotatable bonds is 5. The van der Waals surface area contributed by atoms with Gasteiger partial charge in [0.05, 0.1) is 12.2 Å². The first kappa shape index (κ1) is 16.7. The number of hydrogen-bond acceptors (Lipinski definition) is 4. The SMILES string of the molecule is Cc1ccc(-c2ccc(OCCNC(=O)C(F)(F)F)nn2)cc1. The van der Waals surface area contributed by atoms with Crippen molar-refractivity contribution in [3.8, 4) is 17.1 Å². The number of halogens is 3. The van der Waals surface area contributed by atoms with Crippen LogP contribution in [0.3, 0.4) is 0 Å². The molecule has 23 heavy (non-hydrogen) atoms. The summed E-state index contributed by atoms with van der Waals surface area (Å²) in [5, 5.41) is 9.52. The van der Waals surface area contributed by atoms with Gasteiger partial charge in [-0.1, -0.05) is 29.8 Å². The number of hydrogen-bond donors (Lipinski definition) is 1. The van der Waals surface area contributed by atoms with Crippen LogP contribution in [0.4, 0.5) is 13.2 Å². The first-order valence-corrected chi connectivity index (χ1v) is 6.75. The van der Waals surface area contributed by atoms with E-state index in [9.17, 15) is 18.0 Å². The highest BCUT2D eigenvalue weighted by atomic mass is 19.4. The molecule has 2 aromatic rings. The maximum Gasteiger partial charge on any atom is 0.471 e. The van der Waals surface area contributed by atoms with E-state index in [1.54, 1.807) is 17.4 Å². The van der Waals surface area contributed by atoms with E-state index >= 15 is 0 Å². The molecule has 0 bridgehead atoms. The molecular weight excluding hydrogens is 311 g/mol. The lowest BCUT2D eigenvalue weighted by Crippen LogP contribution is -2.38. The molecular formula is C15H14F3N3O2. The number of nitrogens with zero attached hydrogens (tertiary/aromatic N) is 2. The lowest BCUT2D eigenvalue weighted by atomic mass is 10.1. The van der Waals surface area contributed by atoms with Gasteiger partial charge in [-0.05, 0) is 13.0 Å². The third-order valence-electron chi connectivity index (χ3n) is 2.88. The van der Waals surface area contributed by atoms with Crippen LogP contribution in [0.1, 0.15) is 5.56 Å². The quantitative estimate of drug-likeness (QED) is 0.858. The molecule has 122 valence electrons. The standard InChI is InChI=1S/C15H14F3N3O2/c1-10-2-4-11(5-3-10)12-6-7-13(21-20-12)23-9-8-19-14(22)15(16,17)18/h2-7H,8-9H2,1H3,(H,19,22). The van der Waals surface area contributed by atoms with Crippen molar-refractivity contribution in [2.45, 2.75) is 13.1 Å². The Morgan fingerprint density at radius 1 is 1.13 bits per heavy atom. The number of aryl methyl sites for hydroxylation is 1. The molecule has 1 N–H and O–H groups in total. The average molecular weight is 325 g/mol. The average Bonchev–Trinajstić information content (AvgIpc) is 2.52. The second kappa shape index (κ2) is 7.08. The Morgan fingerprint density at radius 3 is 2.39 bits per heavy atom. The zero-order chi connectivity index (χ0) is 16.9. The summed E-state index contributed by atoms with van der Waals surface area (Å²) in [6.07, 6.45) is -4.89. The lowest BCUT2D eigenvalue weighted by Gasteiger charge is -2.08. The summed E-state index contributed by atoms with van der Waals surface area (Å²) < 4.78 is 41.0. The number of benzene rings is 1. The van der Waals surface area contributed by atoms with Gasteiger partial charge in [0.25, 0.3) is 0 Å². The molecule has 0 unspecified atom stereocenters. The van der Waals surface area contributed by atoms with E-state index in [-0.39, 0.29) is 19.0 Å². The minimum atomic E-state index is -4.89. The van der Waals surface area contributed by atoms with Crippen LogP contribution in [-0.4, -0.2) is 35.4 Å². The third-order valence-corrected chi connectivity index (χ3v) is 2.88. The Bertz CT molecular complexity index is 655. The third kappa shape index (κ3) is 4.94. The highest BCUT2D eigenvalue weighted by molar-refractivity contribution is 5.81. The number of carbonyl (C=O) groups is 1. The fourth-order valence-corrected chi connectivity index (χ4v) is 1.70. The summed E-state index contributed by atoms with van der Waals surface area (Å²) in [7, 11) is 0. The summed E-state index contributed by atoms with van der Waals surface area (Å²) in [5.74, 6) is -1.83. The smallest absolute Gasteiger partial charge is 0.471 e. The number of amides is 1. The summed E-state index contributed by atoms with van der Waals surface area (Å²) >= 11 is 0. The maximum absolute atomic E-state index is 12.0. The number of nitrogens with one attached hydrogen (secondary N) is 1. The molecule has 0 fully saturated rings. The molecule has 1 heterocycles. The van der Waals surface area contributed by atoms with Crippen LogP contribution in [0.15, 0.2) is 36.4 Å². The fraction of sp³-hybridized carbons (Fsp3) is 0.267. The molecule has 5 nitrogen and oxygen atoms in total. The summed E-state index contributed by atoms with van der Waals surface area (Å²) in [6, 6.07) is 11.0. The van der Waals surface area contributed by atoms with Gasteiger partial charge in [-0.3, -0.25) is 4.79 Å². The van der Waals surface area contributed by atoms with E-state index < -0.39 is 12.1 Å². The van der Waals surface area contributed by atoms with Crippen LogP contribution in [0.5, 0.6) is 5.88 Å². The molecule has 0 spiro atoms. The fourth-order valence-electron chi connectivity index (χ4n) is 1.70. The van der Waals surface area contributed by atoms with Gasteiger partial charge >= 0.3 is 12.1 Å². The second-order valence-corrected chi connectivity index (χ2v) is 4.72. The van der Waals surface area contributed by atoms with Crippen LogP contribution >= 0.6 is 0 Å². The minimum Gasteiger partial charge on any atom is -0.475 e. The monoisotopic (exact) mass is 325 g/mol. The van der Waals surface area contributed by atoms with Gasteiger partial charge < -0.3 is 10.1 Å². The molecule has 0 saturated carbocycles. The highest BCUT2D eigenvalue weighted by Crippen LogP contribution is 2.18. The van der Waals surface area contributed by atoms with Gasteiger partial charge in [0.2, 0.25) is 5.88 Å². The molecule has 0 radical (unpaired) electrons. The number of ether oxygens (including phenoxy) is 1. The van der Waals surface area contributed by atoms with Crippen molar-refractivity contribution in [2.24, 2.45) is 0 Å². The van der Waals surface area contributed by atoms with Gasteiger partial charge in [0, 0.05) is 11.6 Å². The molecule has 0 aliphatic carbocycles. The normalized spacial score (nSPS) is 11.1. The Kier molecular flexibility index (Phi) is 5.15. The number of aromatic nitrogens is 2. The first-order valence-electron chi connectivity index (χ1n) is 6.75. The van der Waals surface area contributed by atoms with E-state index in [2.05, 4.69) is 10.2 Å². The zero-order valence-electron chi connectivity index (χ0n) is 12.2. The molecule has 0 aliphatic rings. The number of alkyl halides is 3. The Morgan fingerprint density at radius 2 is 1.83 bits per heavy atom. The van der Waals surface area contributed by atoms with E-state index in [0.29, 0.717) is 5.69 Å². The van der Waals surface area contributed by atoms with Crippen molar-refractivity contribution in [1.29, 1.82) is 0 Å². The van der Waals surface area contributed by atoms with Gasteiger partial charge in [0.1, 0.15) is 6.61 Å². The van der Waals surface area contributed by atoms with Crippen LogP contribution in [0.2, 0.25) is 0 Å². The van der Waals surface area contributed by atoms with Crippen molar-refractivity contribution in [3.63, 3.8) is 0 Å². The first-order chi connectivity index (χ1) is 10.9. The maximum atomic E-state index is 12.0. The summed E-state index contributed by atoms with van der Waals surface area (Å²) in [5.41, 5.74) is 2.68. The molecule has 0 atom stereocenters. The van der Waals surface area contributed by atoms with Crippen molar-refractivity contribution in [3.05, 3.63) is 42.0 Å². The summed E-state index contributed by atoms with van der Waals surface area (Å²) in [6.45, 7) is 1.56. The van der Waals surface area contributed by atoms with Crippen LogP contribution in [0, 0.1) is 6.92 Å². The minimum absolute atomic E-state index is 0.139. The predicted octanol–water partition coefficient (Wildman–Crippen LogP) is 2.51. The molecule has 1 amide bonds. The summed E-state index contributed by atoms with van der Waals surface area (Å²) in [4.78, 5) is 10.6. The van der Waals surface area contributed by atoms with E-state index in [4.69, 9.17) is 4.74 Å². The van der Waals surface area contributed by atoms with Gasteiger partial charge in [-0.2, -0.15) is 13.2 Å². The van der Waals surface area contributed by atoms with Crippen LogP contribution in [0.25, 0.3) is 11.3 Å². The van der Waals surface area contributed by atoms with Crippen molar-refractivity contribution >= 4 is 5.91 Å². The van der Waals surface area contributed by atoms with Gasteiger partial charge in [-0.15, -0.1) is 10.2 Å². The second-order valence-electron chi connectivity index (χ2n) is 4.72. The zero-order valence-corrected chi connectivity index (χ0v) is 12.2. The molecule has 2 rings (SSSR count). The van der Waals surface area contributed by atoms with E-state index in [1.165, 1.54) is 0 Å².